The lowest BCUT2D eigenvalue weighted by molar-refractivity contribution is -0.126. The lowest BCUT2D eigenvalue weighted by Crippen LogP contribution is -2.33. The minimum Gasteiger partial charge on any atom is -0.496 e. The van der Waals surface area contributed by atoms with Crippen LogP contribution in [-0.4, -0.2) is 41.7 Å². The molecule has 0 radical (unpaired) electrons. The normalized spacial score (nSPS) is 18.0. The van der Waals surface area contributed by atoms with E-state index >= 15 is 0 Å². The molecule has 2 aromatic carbocycles. The second-order valence-corrected chi connectivity index (χ2v) is 7.83. The number of aryl methyl sites for hydroxylation is 1. The summed E-state index contributed by atoms with van der Waals surface area (Å²) in [5.41, 5.74) is 2.03. The minimum absolute atomic E-state index is 0.136. The number of rotatable bonds is 7. The van der Waals surface area contributed by atoms with Gasteiger partial charge in [0.25, 0.3) is 5.24 Å². The summed E-state index contributed by atoms with van der Waals surface area (Å²) in [5.74, 6) is 1.76. The quantitative estimate of drug-likeness (QED) is 0.708. The van der Waals surface area contributed by atoms with Crippen LogP contribution in [0.3, 0.4) is 0 Å². The average Bonchev–Trinajstić information content (AvgIpc) is 3.27. The van der Waals surface area contributed by atoms with E-state index in [-0.39, 0.29) is 17.9 Å². The molecule has 0 saturated carbocycles. The smallest absolute Gasteiger partial charge is 0.289 e. The Kier molecular flexibility index (Phi) is 5.43. The van der Waals surface area contributed by atoms with Crippen LogP contribution < -0.4 is 14.2 Å². The van der Waals surface area contributed by atoms with Crippen LogP contribution in [0.25, 0.3) is 0 Å². The Morgan fingerprint density at radius 1 is 1.14 bits per heavy atom. The van der Waals surface area contributed by atoms with Gasteiger partial charge in [0, 0.05) is 12.6 Å². The minimum atomic E-state index is -0.446. The number of imide groups is 1. The second kappa shape index (κ2) is 8.14. The highest BCUT2D eigenvalue weighted by Crippen LogP contribution is 2.40. The molecule has 28 heavy (non-hydrogen) atoms. The van der Waals surface area contributed by atoms with Crippen molar-refractivity contribution in [2.24, 2.45) is 0 Å². The summed E-state index contributed by atoms with van der Waals surface area (Å²) in [6.45, 7) is 0.612. The molecule has 2 heterocycles. The summed E-state index contributed by atoms with van der Waals surface area (Å²) in [6, 6.07) is 13.7. The zero-order valence-electron chi connectivity index (χ0n) is 15.6. The van der Waals surface area contributed by atoms with E-state index in [9.17, 15) is 9.59 Å². The van der Waals surface area contributed by atoms with Crippen LogP contribution in [0.2, 0.25) is 0 Å². The second-order valence-electron chi connectivity index (χ2n) is 6.67. The Morgan fingerprint density at radius 2 is 1.89 bits per heavy atom. The lowest BCUT2D eigenvalue weighted by Gasteiger charge is -2.15. The first kappa shape index (κ1) is 18.7. The molecule has 1 saturated heterocycles. The van der Waals surface area contributed by atoms with Gasteiger partial charge in [-0.2, -0.15) is 0 Å². The number of thioether (sulfide) groups is 1. The van der Waals surface area contributed by atoms with Crippen LogP contribution in [-0.2, 0) is 17.6 Å². The fourth-order valence-electron chi connectivity index (χ4n) is 3.43. The monoisotopic (exact) mass is 399 g/mol. The van der Waals surface area contributed by atoms with Crippen molar-refractivity contribution < 1.29 is 23.8 Å². The highest BCUT2D eigenvalue weighted by atomic mass is 32.2. The Bertz CT molecular complexity index is 886. The Hall–Kier alpha value is -2.67. The number of hydrogen-bond donors (Lipinski definition) is 0. The van der Waals surface area contributed by atoms with Gasteiger partial charge in [-0.1, -0.05) is 42.1 Å². The zero-order chi connectivity index (χ0) is 19.5. The van der Waals surface area contributed by atoms with Crippen LogP contribution in [0, 0.1) is 0 Å². The van der Waals surface area contributed by atoms with Gasteiger partial charge < -0.3 is 14.2 Å². The first-order valence-corrected chi connectivity index (χ1v) is 10.1. The molecule has 0 N–H and O–H groups in total. The van der Waals surface area contributed by atoms with Gasteiger partial charge in [-0.3, -0.25) is 14.5 Å². The van der Waals surface area contributed by atoms with Crippen molar-refractivity contribution in [3.8, 4) is 17.2 Å². The number of nitrogens with zero attached hydrogens (tertiary/aromatic N) is 1. The number of fused-ring (bicyclic) bond motifs is 1. The van der Waals surface area contributed by atoms with E-state index in [0.29, 0.717) is 30.2 Å². The molecular formula is C21H21NO5S. The highest BCUT2D eigenvalue weighted by molar-refractivity contribution is 8.15. The molecule has 0 bridgehead atoms. The van der Waals surface area contributed by atoms with Crippen molar-refractivity contribution in [2.45, 2.75) is 24.5 Å². The molecule has 0 aliphatic carbocycles. The molecule has 4 rings (SSSR count). The summed E-state index contributed by atoms with van der Waals surface area (Å²) < 4.78 is 16.2. The zero-order valence-corrected chi connectivity index (χ0v) is 16.4. The predicted molar refractivity (Wildman–Crippen MR) is 106 cm³/mol. The molecule has 0 unspecified atom stereocenters. The molecule has 7 heteroatoms. The predicted octanol–water partition coefficient (Wildman–Crippen LogP) is 3.66. The summed E-state index contributed by atoms with van der Waals surface area (Å²) >= 11 is 1.09. The van der Waals surface area contributed by atoms with Crippen LogP contribution >= 0.6 is 11.8 Å². The molecule has 1 atom stereocenters. The van der Waals surface area contributed by atoms with Crippen LogP contribution in [0.15, 0.2) is 42.5 Å². The molecule has 2 amide bonds. The first-order valence-electron chi connectivity index (χ1n) is 9.18. The third-order valence-electron chi connectivity index (χ3n) is 4.88. The summed E-state index contributed by atoms with van der Waals surface area (Å²) in [7, 11) is 1.58. The summed E-state index contributed by atoms with van der Waals surface area (Å²) in [6.07, 6.45) is 2.00. The van der Waals surface area contributed by atoms with Crippen LogP contribution in [0.5, 0.6) is 17.2 Å². The van der Waals surface area contributed by atoms with E-state index in [0.717, 1.165) is 30.2 Å². The SMILES string of the molecule is COc1cc2c(cc1C[C@H]1SC(=O)N(CCCc3ccccc3)C1=O)OCO2. The van der Waals surface area contributed by atoms with Crippen molar-refractivity contribution in [1.29, 1.82) is 0 Å². The maximum atomic E-state index is 12.8. The third kappa shape index (κ3) is 3.80. The molecule has 0 spiro atoms. The van der Waals surface area contributed by atoms with Gasteiger partial charge in [0.05, 0.1) is 12.4 Å². The van der Waals surface area contributed by atoms with Crippen LogP contribution in [0.4, 0.5) is 4.79 Å². The van der Waals surface area contributed by atoms with Crippen molar-refractivity contribution >= 4 is 22.9 Å². The largest absolute Gasteiger partial charge is 0.496 e. The maximum Gasteiger partial charge on any atom is 0.289 e. The molecule has 0 aromatic heterocycles. The maximum absolute atomic E-state index is 12.8. The molecule has 2 aliphatic heterocycles. The van der Waals surface area contributed by atoms with Gasteiger partial charge in [0.2, 0.25) is 12.7 Å². The number of carbonyl (C=O) groups excluding carboxylic acids is 2. The first-order chi connectivity index (χ1) is 13.7. The van der Waals surface area contributed by atoms with Crippen molar-refractivity contribution in [3.63, 3.8) is 0 Å². The fraction of sp³-hybridized carbons (Fsp3) is 0.333. The van der Waals surface area contributed by atoms with Gasteiger partial charge in [0.1, 0.15) is 5.75 Å². The molecular weight excluding hydrogens is 378 g/mol. The number of ether oxygens (including phenoxy) is 3. The van der Waals surface area contributed by atoms with Crippen molar-refractivity contribution in [3.05, 3.63) is 53.6 Å². The standard InChI is InChI=1S/C21H21NO5S/c1-25-16-12-18-17(26-13-27-18)10-15(16)11-19-20(23)22(21(24)28-19)9-5-8-14-6-3-2-4-7-14/h2-4,6-7,10,12,19H,5,8-9,11,13H2,1H3/t19-/m1/s1. The number of amides is 2. The Balaban J connectivity index is 1.40. The van der Waals surface area contributed by atoms with Crippen molar-refractivity contribution in [2.75, 3.05) is 20.4 Å². The van der Waals surface area contributed by atoms with E-state index in [1.165, 1.54) is 10.5 Å². The van der Waals surface area contributed by atoms with Gasteiger partial charge in [-0.05, 0) is 36.5 Å². The van der Waals surface area contributed by atoms with Gasteiger partial charge in [0.15, 0.2) is 11.5 Å². The summed E-state index contributed by atoms with van der Waals surface area (Å²) in [5, 5.41) is -0.624. The number of methoxy groups -OCH3 is 1. The molecule has 6 nitrogen and oxygen atoms in total. The van der Waals surface area contributed by atoms with E-state index in [4.69, 9.17) is 14.2 Å². The lowest BCUT2D eigenvalue weighted by atomic mass is 10.1. The molecule has 1 fully saturated rings. The topological polar surface area (TPSA) is 65.1 Å². The molecule has 146 valence electrons. The highest BCUT2D eigenvalue weighted by Gasteiger charge is 2.39. The van der Waals surface area contributed by atoms with Gasteiger partial charge in [-0.15, -0.1) is 0 Å². The van der Waals surface area contributed by atoms with E-state index in [1.807, 2.05) is 24.3 Å². The molecule has 2 aromatic rings. The molecule has 2 aliphatic rings. The number of carbonyl (C=O) groups is 2. The Labute approximate surface area is 167 Å². The van der Waals surface area contributed by atoms with E-state index in [2.05, 4.69) is 12.1 Å². The van der Waals surface area contributed by atoms with Crippen LogP contribution in [0.1, 0.15) is 17.5 Å². The van der Waals surface area contributed by atoms with E-state index < -0.39 is 5.25 Å². The number of benzene rings is 2. The average molecular weight is 399 g/mol. The Morgan fingerprint density at radius 3 is 2.64 bits per heavy atom. The number of hydrogen-bond acceptors (Lipinski definition) is 6. The van der Waals surface area contributed by atoms with Gasteiger partial charge in [-0.25, -0.2) is 0 Å². The fourth-order valence-corrected chi connectivity index (χ4v) is 4.47. The van der Waals surface area contributed by atoms with Gasteiger partial charge >= 0.3 is 0 Å². The summed E-state index contributed by atoms with van der Waals surface area (Å²) in [4.78, 5) is 26.5. The van der Waals surface area contributed by atoms with E-state index in [1.54, 1.807) is 13.2 Å². The third-order valence-corrected chi connectivity index (χ3v) is 5.95. The van der Waals surface area contributed by atoms with Crippen molar-refractivity contribution in [1.82, 2.24) is 4.90 Å².